The van der Waals surface area contributed by atoms with Crippen LogP contribution in [0.15, 0.2) is 24.3 Å². The van der Waals surface area contributed by atoms with E-state index in [2.05, 4.69) is 5.32 Å². The molecule has 1 spiro atoms. The smallest absolute Gasteiger partial charge is 0.349 e. The second-order valence-electron chi connectivity index (χ2n) is 6.31. The van der Waals surface area contributed by atoms with E-state index in [4.69, 9.17) is 9.47 Å². The highest BCUT2D eigenvalue weighted by atomic mass is 19.4. The summed E-state index contributed by atoms with van der Waals surface area (Å²) in [6.45, 7) is 0.703. The summed E-state index contributed by atoms with van der Waals surface area (Å²) in [5.74, 6) is -0.918. The lowest BCUT2D eigenvalue weighted by Crippen LogP contribution is -2.37. The summed E-state index contributed by atoms with van der Waals surface area (Å²) in [5.41, 5.74) is -0.583. The SMILES string of the molecule is O=C(NC[C@H]1COC2(CCCCC2)O1)c1ccc(C(F)(F)F)cc1. The highest BCUT2D eigenvalue weighted by Crippen LogP contribution is 2.37. The van der Waals surface area contributed by atoms with Crippen LogP contribution in [-0.2, 0) is 15.7 Å². The Morgan fingerprint density at radius 2 is 1.83 bits per heavy atom. The van der Waals surface area contributed by atoms with Gasteiger partial charge in [-0.1, -0.05) is 6.42 Å². The number of alkyl halides is 3. The number of ether oxygens (including phenoxy) is 2. The maximum absolute atomic E-state index is 12.5. The molecule has 1 aromatic rings. The fraction of sp³-hybridized carbons (Fsp3) is 0.588. The first kappa shape index (κ1) is 17.2. The lowest BCUT2D eigenvalue weighted by Gasteiger charge is -2.31. The van der Waals surface area contributed by atoms with Gasteiger partial charge >= 0.3 is 6.18 Å². The van der Waals surface area contributed by atoms with Gasteiger partial charge in [-0.2, -0.15) is 13.2 Å². The fourth-order valence-corrected chi connectivity index (χ4v) is 3.19. The molecule has 2 aliphatic rings. The predicted octanol–water partition coefficient (Wildman–Crippen LogP) is 3.51. The molecule has 0 unspecified atom stereocenters. The lowest BCUT2D eigenvalue weighted by atomic mass is 9.94. The molecule has 24 heavy (non-hydrogen) atoms. The van der Waals surface area contributed by atoms with Crippen molar-refractivity contribution in [2.45, 2.75) is 50.2 Å². The molecule has 4 nitrogen and oxygen atoms in total. The summed E-state index contributed by atoms with van der Waals surface area (Å²) < 4.78 is 49.3. The van der Waals surface area contributed by atoms with E-state index in [1.165, 1.54) is 18.6 Å². The average molecular weight is 343 g/mol. The number of halogens is 3. The van der Waals surface area contributed by atoms with Crippen LogP contribution in [0.4, 0.5) is 13.2 Å². The molecule has 1 amide bonds. The Labute approximate surface area is 138 Å². The molecule has 1 saturated carbocycles. The quantitative estimate of drug-likeness (QED) is 0.914. The summed E-state index contributed by atoms with van der Waals surface area (Å²) >= 11 is 0. The van der Waals surface area contributed by atoms with Crippen molar-refractivity contribution in [3.05, 3.63) is 35.4 Å². The van der Waals surface area contributed by atoms with Gasteiger partial charge in [0.2, 0.25) is 0 Å². The molecule has 1 aliphatic heterocycles. The summed E-state index contributed by atoms with van der Waals surface area (Å²) in [4.78, 5) is 12.0. The van der Waals surface area contributed by atoms with Gasteiger partial charge in [0.1, 0.15) is 6.10 Å². The second-order valence-corrected chi connectivity index (χ2v) is 6.31. The molecule has 2 fully saturated rings. The third kappa shape index (κ3) is 3.89. The minimum Gasteiger partial charge on any atom is -0.349 e. The van der Waals surface area contributed by atoms with E-state index in [1.54, 1.807) is 0 Å². The first-order valence-electron chi connectivity index (χ1n) is 8.15. The van der Waals surface area contributed by atoms with Crippen molar-refractivity contribution < 1.29 is 27.4 Å². The number of amides is 1. The van der Waals surface area contributed by atoms with Crippen LogP contribution in [0.1, 0.15) is 48.0 Å². The van der Waals surface area contributed by atoms with E-state index in [0.717, 1.165) is 37.8 Å². The second kappa shape index (κ2) is 6.72. The Morgan fingerprint density at radius 1 is 1.17 bits per heavy atom. The van der Waals surface area contributed by atoms with Crippen LogP contribution in [0, 0.1) is 0 Å². The summed E-state index contributed by atoms with van der Waals surface area (Å²) in [6.07, 6.45) is 0.450. The number of rotatable bonds is 3. The fourth-order valence-electron chi connectivity index (χ4n) is 3.19. The lowest BCUT2D eigenvalue weighted by molar-refractivity contribution is -0.186. The van der Waals surface area contributed by atoms with Gasteiger partial charge in [0.05, 0.1) is 12.2 Å². The van der Waals surface area contributed by atoms with Crippen molar-refractivity contribution in [2.24, 2.45) is 0 Å². The van der Waals surface area contributed by atoms with Crippen molar-refractivity contribution >= 4 is 5.91 Å². The van der Waals surface area contributed by atoms with Crippen molar-refractivity contribution in [2.75, 3.05) is 13.2 Å². The Kier molecular flexibility index (Phi) is 4.83. The number of hydrogen-bond acceptors (Lipinski definition) is 3. The molecule has 0 bridgehead atoms. The molecule has 1 aliphatic carbocycles. The third-order valence-corrected chi connectivity index (χ3v) is 4.49. The van der Waals surface area contributed by atoms with Crippen LogP contribution in [0.25, 0.3) is 0 Å². The number of nitrogens with one attached hydrogen (secondary N) is 1. The first-order valence-corrected chi connectivity index (χ1v) is 8.15. The largest absolute Gasteiger partial charge is 0.416 e. The summed E-state index contributed by atoms with van der Waals surface area (Å²) in [7, 11) is 0. The van der Waals surface area contributed by atoms with E-state index >= 15 is 0 Å². The van der Waals surface area contributed by atoms with Gasteiger partial charge in [0, 0.05) is 24.9 Å². The molecule has 7 heteroatoms. The van der Waals surface area contributed by atoms with Gasteiger partial charge in [-0.25, -0.2) is 0 Å². The van der Waals surface area contributed by atoms with Crippen molar-refractivity contribution in [1.82, 2.24) is 5.32 Å². The highest BCUT2D eigenvalue weighted by molar-refractivity contribution is 5.94. The van der Waals surface area contributed by atoms with Gasteiger partial charge in [-0.15, -0.1) is 0 Å². The minimum atomic E-state index is -4.40. The zero-order valence-electron chi connectivity index (χ0n) is 13.2. The van der Waals surface area contributed by atoms with Gasteiger partial charge in [0.25, 0.3) is 5.91 Å². The molecular formula is C17H20F3NO3. The van der Waals surface area contributed by atoms with E-state index in [1.807, 2.05) is 0 Å². The van der Waals surface area contributed by atoms with Gasteiger partial charge in [-0.05, 0) is 37.1 Å². The Balaban J connectivity index is 1.51. The number of carbonyl (C=O) groups is 1. The maximum atomic E-state index is 12.5. The first-order chi connectivity index (χ1) is 11.4. The minimum absolute atomic E-state index is 0.189. The predicted molar refractivity (Wildman–Crippen MR) is 80.4 cm³/mol. The Hall–Kier alpha value is -1.60. The van der Waals surface area contributed by atoms with E-state index in [9.17, 15) is 18.0 Å². The molecule has 1 heterocycles. The van der Waals surface area contributed by atoms with Gasteiger partial charge < -0.3 is 14.8 Å². The molecule has 1 N–H and O–H groups in total. The normalized spacial score (nSPS) is 23.4. The van der Waals surface area contributed by atoms with E-state index < -0.39 is 23.4 Å². The molecule has 0 radical (unpaired) electrons. The Bertz CT molecular complexity index is 580. The highest BCUT2D eigenvalue weighted by Gasteiger charge is 2.42. The van der Waals surface area contributed by atoms with Crippen molar-refractivity contribution in [3.63, 3.8) is 0 Å². The van der Waals surface area contributed by atoms with E-state index in [0.29, 0.717) is 6.61 Å². The number of benzene rings is 1. The van der Waals surface area contributed by atoms with Gasteiger partial charge in [-0.3, -0.25) is 4.79 Å². The molecule has 0 aromatic heterocycles. The zero-order chi connectivity index (χ0) is 17.2. The molecule has 1 aromatic carbocycles. The van der Waals surface area contributed by atoms with Crippen LogP contribution >= 0.6 is 0 Å². The molecule has 1 saturated heterocycles. The van der Waals surface area contributed by atoms with Crippen molar-refractivity contribution in [1.29, 1.82) is 0 Å². The van der Waals surface area contributed by atoms with Crippen LogP contribution in [0.2, 0.25) is 0 Å². The molecule has 3 rings (SSSR count). The van der Waals surface area contributed by atoms with Crippen LogP contribution in [-0.4, -0.2) is 30.9 Å². The number of hydrogen-bond donors (Lipinski definition) is 1. The number of carbonyl (C=O) groups excluding carboxylic acids is 1. The van der Waals surface area contributed by atoms with Crippen LogP contribution in [0.3, 0.4) is 0 Å². The summed E-state index contributed by atoms with van der Waals surface area (Å²) in [5, 5.41) is 2.70. The zero-order valence-corrected chi connectivity index (χ0v) is 13.2. The molecular weight excluding hydrogens is 323 g/mol. The van der Waals surface area contributed by atoms with Crippen LogP contribution in [0.5, 0.6) is 0 Å². The maximum Gasteiger partial charge on any atom is 0.416 e. The Morgan fingerprint density at radius 3 is 2.46 bits per heavy atom. The monoisotopic (exact) mass is 343 g/mol. The topological polar surface area (TPSA) is 47.6 Å². The average Bonchev–Trinajstić information content (AvgIpc) is 2.95. The third-order valence-electron chi connectivity index (χ3n) is 4.49. The molecule has 132 valence electrons. The van der Waals surface area contributed by atoms with Crippen LogP contribution < -0.4 is 5.32 Å². The summed E-state index contributed by atoms with van der Waals surface area (Å²) in [6, 6.07) is 4.15. The van der Waals surface area contributed by atoms with Crippen molar-refractivity contribution in [3.8, 4) is 0 Å². The van der Waals surface area contributed by atoms with Gasteiger partial charge in [0.15, 0.2) is 5.79 Å². The standard InChI is InChI=1S/C17H20F3NO3/c18-17(19,20)13-6-4-12(5-7-13)15(22)21-10-14-11-23-16(24-14)8-2-1-3-9-16/h4-7,14H,1-3,8-11H2,(H,21,22)/t14-/m0/s1. The molecule has 1 atom stereocenters. The van der Waals surface area contributed by atoms with E-state index in [-0.39, 0.29) is 18.2 Å².